The third kappa shape index (κ3) is 16.9. The van der Waals surface area contributed by atoms with E-state index >= 15 is 0 Å². The van der Waals surface area contributed by atoms with Crippen LogP contribution in [0.1, 0.15) is 73.9 Å². The Bertz CT molecular complexity index is 1750. The van der Waals surface area contributed by atoms with Gasteiger partial charge in [-0.05, 0) is 67.5 Å². The number of carbonyl (C=O) groups is 6. The third-order valence-corrected chi connectivity index (χ3v) is 8.10. The van der Waals surface area contributed by atoms with Crippen molar-refractivity contribution in [1.29, 1.82) is 0 Å². The van der Waals surface area contributed by atoms with Gasteiger partial charge in [0.15, 0.2) is 11.6 Å². The summed E-state index contributed by atoms with van der Waals surface area (Å²) < 4.78 is 34.1. The second-order valence-corrected chi connectivity index (χ2v) is 15.4. The lowest BCUT2D eigenvalue weighted by Crippen LogP contribution is -2.56. The molecule has 2 aromatic rings. The second-order valence-electron chi connectivity index (χ2n) is 15.1. The monoisotopic (exact) mass is 839 g/mol. The molecule has 0 bridgehead atoms. The van der Waals surface area contributed by atoms with Crippen LogP contribution in [0, 0.1) is 0 Å². The fraction of sp³-hybridized carbons (Fsp3) is 0.615. The van der Waals surface area contributed by atoms with Crippen LogP contribution < -0.4 is 11.3 Å². The van der Waals surface area contributed by atoms with Crippen LogP contribution in [0.5, 0.6) is 0 Å². The smallest absolute Gasteiger partial charge is 0.410 e. The van der Waals surface area contributed by atoms with Crippen LogP contribution in [0.15, 0.2) is 35.1 Å². The van der Waals surface area contributed by atoms with Gasteiger partial charge in [0.2, 0.25) is 0 Å². The summed E-state index contributed by atoms with van der Waals surface area (Å²) in [6.45, 7) is 16.6. The van der Waals surface area contributed by atoms with Crippen molar-refractivity contribution in [2.24, 2.45) is 7.05 Å². The number of hydrogen-bond acceptors (Lipinski definition) is 14. The van der Waals surface area contributed by atoms with E-state index in [9.17, 15) is 33.6 Å². The molecule has 0 radical (unpaired) electrons. The van der Waals surface area contributed by atoms with Gasteiger partial charge >= 0.3 is 24.1 Å². The van der Waals surface area contributed by atoms with Crippen molar-refractivity contribution in [3.05, 3.63) is 46.4 Å². The average molecular weight is 840 g/mol. The zero-order valence-electron chi connectivity index (χ0n) is 34.9. The van der Waals surface area contributed by atoms with E-state index in [4.69, 9.17) is 36.3 Å². The van der Waals surface area contributed by atoms with Crippen LogP contribution in [-0.2, 0) is 61.3 Å². The molecular formula is C39H58ClN5O13. The number of aromatic nitrogens is 2. The zero-order valence-corrected chi connectivity index (χ0v) is 35.6. The summed E-state index contributed by atoms with van der Waals surface area (Å²) in [4.78, 5) is 82.7. The molecule has 0 atom stereocenters. The Morgan fingerprint density at radius 3 is 1.62 bits per heavy atom. The summed E-state index contributed by atoms with van der Waals surface area (Å²) in [6.07, 6.45) is -1.52. The van der Waals surface area contributed by atoms with Gasteiger partial charge in [-0.15, -0.1) is 11.6 Å². The SMILES string of the molecule is CCOC(=O)CC(=O)CCl.CCOC(=O)CC(=O)COC1CN(C(=O)OC(C)(C)C)C1.Cn1c(COC2CN(C(=O)OC(C)(C)C)C2)c(N)c(=O)n1-c1ccccc1. The molecule has 0 aliphatic carbocycles. The number of para-hydroxylation sites is 1. The number of ketones is 2. The Morgan fingerprint density at radius 1 is 0.741 bits per heavy atom. The van der Waals surface area contributed by atoms with Gasteiger partial charge in [0.1, 0.15) is 36.3 Å². The maximum absolute atomic E-state index is 12.5. The molecule has 1 aromatic carbocycles. The molecule has 2 N–H and O–H groups in total. The first-order chi connectivity index (χ1) is 27.1. The van der Waals surface area contributed by atoms with E-state index in [0.29, 0.717) is 38.5 Å². The number of ether oxygens (including phenoxy) is 6. The molecule has 0 spiro atoms. The van der Waals surface area contributed by atoms with E-state index < -0.39 is 23.1 Å². The second kappa shape index (κ2) is 22.9. The summed E-state index contributed by atoms with van der Waals surface area (Å²) in [5.74, 6) is -1.81. The van der Waals surface area contributed by atoms with E-state index in [0.717, 1.165) is 5.69 Å². The van der Waals surface area contributed by atoms with E-state index in [2.05, 4.69) is 9.47 Å². The number of alkyl halides is 1. The van der Waals surface area contributed by atoms with Gasteiger partial charge in [-0.1, -0.05) is 18.2 Å². The number of hydrogen-bond donors (Lipinski definition) is 1. The van der Waals surface area contributed by atoms with Crippen LogP contribution in [0.4, 0.5) is 15.3 Å². The van der Waals surface area contributed by atoms with Gasteiger partial charge in [0.25, 0.3) is 5.56 Å². The highest BCUT2D eigenvalue weighted by Gasteiger charge is 2.36. The largest absolute Gasteiger partial charge is 0.466 e. The van der Waals surface area contributed by atoms with Crippen molar-refractivity contribution >= 4 is 53.0 Å². The summed E-state index contributed by atoms with van der Waals surface area (Å²) in [5.41, 5.74) is 6.21. The van der Waals surface area contributed by atoms with Crippen LogP contribution in [-0.4, -0.2) is 130 Å². The molecule has 2 aliphatic rings. The van der Waals surface area contributed by atoms with Gasteiger partial charge in [-0.25, -0.2) is 14.3 Å². The maximum Gasteiger partial charge on any atom is 0.410 e. The van der Waals surface area contributed by atoms with E-state index in [1.165, 1.54) is 9.58 Å². The lowest BCUT2D eigenvalue weighted by atomic mass is 10.1. The summed E-state index contributed by atoms with van der Waals surface area (Å²) in [6, 6.07) is 9.30. The number of Topliss-reactive ketones (excluding diaryl/α,β-unsaturated/α-hetero) is 2. The third-order valence-electron chi connectivity index (χ3n) is 7.80. The lowest BCUT2D eigenvalue weighted by Gasteiger charge is -2.39. The first kappa shape index (κ1) is 49.2. The summed E-state index contributed by atoms with van der Waals surface area (Å²) in [7, 11) is 1.78. The highest BCUT2D eigenvalue weighted by atomic mass is 35.5. The number of rotatable bonds is 14. The zero-order chi connectivity index (χ0) is 43.8. The summed E-state index contributed by atoms with van der Waals surface area (Å²) >= 11 is 5.14. The molecule has 2 fully saturated rings. The minimum absolute atomic E-state index is 0.105. The quantitative estimate of drug-likeness (QED) is 0.124. The normalized spacial score (nSPS) is 14.0. The van der Waals surface area contributed by atoms with Gasteiger partial charge < -0.3 is 44.0 Å². The van der Waals surface area contributed by atoms with Gasteiger partial charge in [-0.3, -0.25) is 28.7 Å². The Balaban J connectivity index is 0.000000332. The molecule has 19 heteroatoms. The number of halogens is 1. The molecular weight excluding hydrogens is 782 g/mol. The molecule has 0 saturated carbocycles. The number of amides is 2. The molecule has 3 heterocycles. The molecule has 2 amide bonds. The Kier molecular flexibility index (Phi) is 19.4. The van der Waals surface area contributed by atoms with E-state index in [-0.39, 0.29) is 85.7 Å². The minimum Gasteiger partial charge on any atom is -0.466 e. The number of esters is 2. The van der Waals surface area contributed by atoms with E-state index in [1.54, 1.807) is 51.2 Å². The first-order valence-electron chi connectivity index (χ1n) is 18.8. The number of carbonyl (C=O) groups excluding carboxylic acids is 6. The molecule has 324 valence electrons. The topological polar surface area (TPSA) is 217 Å². The molecule has 1 aromatic heterocycles. The minimum atomic E-state index is -0.546. The van der Waals surface area contributed by atoms with Crippen molar-refractivity contribution in [1.82, 2.24) is 19.2 Å². The van der Waals surface area contributed by atoms with Crippen molar-refractivity contribution in [2.75, 3.05) is 57.6 Å². The Labute approximate surface area is 343 Å². The summed E-state index contributed by atoms with van der Waals surface area (Å²) in [5, 5.41) is 0. The Morgan fingerprint density at radius 2 is 1.19 bits per heavy atom. The first-order valence-corrected chi connectivity index (χ1v) is 19.3. The number of likely N-dealkylation sites (tertiary alicyclic amines) is 2. The molecule has 4 rings (SSSR count). The van der Waals surface area contributed by atoms with Crippen LogP contribution in [0.25, 0.3) is 5.69 Å². The predicted molar refractivity (Wildman–Crippen MR) is 213 cm³/mol. The maximum atomic E-state index is 12.5. The van der Waals surface area contributed by atoms with Crippen LogP contribution in [0.3, 0.4) is 0 Å². The van der Waals surface area contributed by atoms with Crippen LogP contribution >= 0.6 is 11.6 Å². The molecule has 2 aliphatic heterocycles. The molecule has 0 unspecified atom stereocenters. The fourth-order valence-corrected chi connectivity index (χ4v) is 5.08. The van der Waals surface area contributed by atoms with Crippen molar-refractivity contribution in [3.63, 3.8) is 0 Å². The number of nitrogens with zero attached hydrogens (tertiary/aromatic N) is 4. The number of benzene rings is 1. The van der Waals surface area contributed by atoms with Crippen LogP contribution in [0.2, 0.25) is 0 Å². The highest BCUT2D eigenvalue weighted by Crippen LogP contribution is 2.21. The van der Waals surface area contributed by atoms with Gasteiger partial charge in [0.05, 0.1) is 75.5 Å². The fourth-order valence-electron chi connectivity index (χ4n) is 4.99. The number of anilines is 1. The lowest BCUT2D eigenvalue weighted by molar-refractivity contribution is -0.148. The van der Waals surface area contributed by atoms with Gasteiger partial charge in [0, 0.05) is 7.05 Å². The number of nitrogens with two attached hydrogens (primary N) is 1. The van der Waals surface area contributed by atoms with Crippen molar-refractivity contribution < 1.29 is 57.2 Å². The highest BCUT2D eigenvalue weighted by molar-refractivity contribution is 6.28. The van der Waals surface area contributed by atoms with E-state index in [1.807, 2.05) is 51.1 Å². The molecule has 18 nitrogen and oxygen atoms in total. The Hall–Kier alpha value is -4.94. The van der Waals surface area contributed by atoms with Crippen molar-refractivity contribution in [2.45, 2.75) is 98.2 Å². The molecule has 2 saturated heterocycles. The van der Waals surface area contributed by atoms with Crippen molar-refractivity contribution in [3.8, 4) is 5.69 Å². The predicted octanol–water partition coefficient (Wildman–Crippen LogP) is 3.79. The van der Waals surface area contributed by atoms with Gasteiger partial charge in [-0.2, -0.15) is 0 Å². The average Bonchev–Trinajstić information content (AvgIpc) is 3.28. The number of nitrogen functional groups attached to an aromatic ring is 1. The molecule has 58 heavy (non-hydrogen) atoms. The standard InChI is InChI=1S/C19H26N4O4.C14H23NO6.C6H9ClO3/c1-19(2,3)27-18(25)22-10-14(11-22)26-12-15-16(20)17(24)23(21(15)4)13-8-6-5-7-9-13;1-5-19-12(17)6-10(16)9-20-11-7-15(8-11)13(18)21-14(2,3)4;1-2-10-6(9)3-5(8)4-7/h5-9,14H,10-12,20H2,1-4H3;11H,5-9H2,1-4H3;2-4H2,1H3.